The minimum atomic E-state index is -0.255. The van der Waals surface area contributed by atoms with Gasteiger partial charge in [-0.25, -0.2) is 0 Å². The molecule has 0 aromatic heterocycles. The van der Waals surface area contributed by atoms with Gasteiger partial charge in [0.05, 0.1) is 11.8 Å². The number of imide groups is 1. The maximum Gasteiger partial charge on any atom is 0.259 e. The van der Waals surface area contributed by atoms with Gasteiger partial charge < -0.3 is 0 Å². The molecule has 1 heterocycles. The molecule has 2 aromatic carbocycles. The molecule has 6 atom stereocenters. The van der Waals surface area contributed by atoms with E-state index in [0.717, 1.165) is 17.5 Å². The Balaban J connectivity index is 1.36. The molecule has 0 unspecified atom stereocenters. The van der Waals surface area contributed by atoms with Crippen LogP contribution in [0, 0.1) is 49.4 Å². The van der Waals surface area contributed by atoms with Gasteiger partial charge in [0.25, 0.3) is 5.91 Å². The fourth-order valence-corrected chi connectivity index (χ4v) is 6.41. The molecule has 2 aromatic rings. The van der Waals surface area contributed by atoms with Crippen molar-refractivity contribution in [3.8, 4) is 0 Å². The average Bonchev–Trinajstić information content (AvgIpc) is 3.57. The first-order valence-electron chi connectivity index (χ1n) is 11.4. The highest BCUT2D eigenvalue weighted by atomic mass is 16.2. The Morgan fingerprint density at radius 3 is 2.03 bits per heavy atom. The maximum atomic E-state index is 13.5. The van der Waals surface area contributed by atoms with E-state index in [4.69, 9.17) is 0 Å². The molecule has 0 N–H and O–H groups in total. The third kappa shape index (κ3) is 2.80. The number of likely N-dealkylation sites (tertiary alicyclic amines) is 1. The highest BCUT2D eigenvalue weighted by Gasteiger charge is 2.67. The molecule has 2 bridgehead atoms. The topological polar surface area (TPSA) is 57.7 Å². The van der Waals surface area contributed by atoms with Crippen LogP contribution in [0.15, 0.2) is 60.7 Å². The standard InChI is InChI=1S/C27H26N2O3/c1-15-10-16(2)12-18(11-15)28(25(30)17-6-4-3-5-7-17)14-29-26(31)23-19-8-9-20(22-13-21(19)22)24(23)27(29)32/h3-12,19-24H,13-14H2,1-2H3/t19-,20-,21-,22+,23-,24-/m1/s1. The third-order valence-electron chi connectivity index (χ3n) is 7.82. The van der Waals surface area contributed by atoms with Crippen molar-refractivity contribution in [1.29, 1.82) is 0 Å². The van der Waals surface area contributed by atoms with Crippen molar-refractivity contribution in [2.45, 2.75) is 20.3 Å². The van der Waals surface area contributed by atoms with Gasteiger partial charge in [0.15, 0.2) is 0 Å². The lowest BCUT2D eigenvalue weighted by Gasteiger charge is -2.37. The number of carbonyl (C=O) groups is 3. The lowest BCUT2D eigenvalue weighted by atomic mass is 9.63. The fourth-order valence-electron chi connectivity index (χ4n) is 6.41. The highest BCUT2D eigenvalue weighted by Crippen LogP contribution is 2.65. The normalized spacial score (nSPS) is 31.5. The molecule has 1 saturated heterocycles. The number of benzene rings is 2. The van der Waals surface area contributed by atoms with Crippen molar-refractivity contribution in [3.63, 3.8) is 0 Å². The van der Waals surface area contributed by atoms with Crippen molar-refractivity contribution < 1.29 is 14.4 Å². The van der Waals surface area contributed by atoms with Crippen LogP contribution in [-0.2, 0) is 9.59 Å². The summed E-state index contributed by atoms with van der Waals surface area (Å²) in [5.74, 6) is 0.527. The summed E-state index contributed by atoms with van der Waals surface area (Å²) >= 11 is 0. The number of nitrogens with zero attached hydrogens (tertiary/aromatic N) is 2. The monoisotopic (exact) mass is 426 g/mol. The summed E-state index contributed by atoms with van der Waals surface area (Å²) < 4.78 is 0. The van der Waals surface area contributed by atoms with Gasteiger partial charge in [0, 0.05) is 11.3 Å². The molecule has 5 nitrogen and oxygen atoms in total. The van der Waals surface area contributed by atoms with Crippen molar-refractivity contribution in [2.24, 2.45) is 35.5 Å². The number of hydrogen-bond acceptors (Lipinski definition) is 3. The van der Waals surface area contributed by atoms with Crippen LogP contribution >= 0.6 is 0 Å². The number of rotatable bonds is 4. The third-order valence-corrected chi connectivity index (χ3v) is 7.82. The van der Waals surface area contributed by atoms with Gasteiger partial charge in [0.1, 0.15) is 6.67 Å². The van der Waals surface area contributed by atoms with Crippen LogP contribution in [0.1, 0.15) is 27.9 Å². The first kappa shape index (κ1) is 19.5. The highest BCUT2D eigenvalue weighted by molar-refractivity contribution is 6.10. The Bertz CT molecular complexity index is 1110. The first-order chi connectivity index (χ1) is 15.4. The summed E-state index contributed by atoms with van der Waals surface area (Å²) in [6, 6.07) is 15.0. The second-order valence-corrected chi connectivity index (χ2v) is 9.85. The summed E-state index contributed by atoms with van der Waals surface area (Å²) in [4.78, 5) is 43.5. The predicted octanol–water partition coefficient (Wildman–Crippen LogP) is 3.96. The number of carbonyl (C=O) groups excluding carboxylic acids is 3. The molecule has 7 rings (SSSR count). The molecule has 1 aliphatic heterocycles. The molecule has 3 amide bonds. The van der Waals surface area contributed by atoms with Crippen LogP contribution in [0.3, 0.4) is 0 Å². The number of hydrogen-bond donors (Lipinski definition) is 0. The maximum absolute atomic E-state index is 13.5. The van der Waals surface area contributed by atoms with Gasteiger partial charge >= 0.3 is 0 Å². The largest absolute Gasteiger partial charge is 0.290 e. The Morgan fingerprint density at radius 1 is 0.906 bits per heavy atom. The second kappa shape index (κ2) is 6.89. The van der Waals surface area contributed by atoms with Crippen LogP contribution in [0.25, 0.3) is 0 Å². The van der Waals surface area contributed by atoms with Crippen LogP contribution < -0.4 is 4.90 Å². The van der Waals surface area contributed by atoms with Crippen molar-refractivity contribution in [3.05, 3.63) is 77.4 Å². The second-order valence-electron chi connectivity index (χ2n) is 9.85. The van der Waals surface area contributed by atoms with Gasteiger partial charge in [-0.15, -0.1) is 0 Å². The van der Waals surface area contributed by atoms with Crippen LogP contribution in [0.2, 0.25) is 0 Å². The Hall–Kier alpha value is -3.21. The molecule has 162 valence electrons. The molecule has 0 radical (unpaired) electrons. The van der Waals surface area contributed by atoms with Gasteiger partial charge in [-0.1, -0.05) is 36.4 Å². The van der Waals surface area contributed by atoms with E-state index in [-0.39, 0.29) is 48.1 Å². The van der Waals surface area contributed by atoms with E-state index >= 15 is 0 Å². The van der Waals surface area contributed by atoms with E-state index < -0.39 is 0 Å². The van der Waals surface area contributed by atoms with E-state index in [0.29, 0.717) is 23.1 Å². The minimum absolute atomic E-state index is 0.0456. The molecule has 2 saturated carbocycles. The number of amides is 3. The molecular formula is C27H26N2O3. The Morgan fingerprint density at radius 2 is 1.47 bits per heavy atom. The zero-order valence-electron chi connectivity index (χ0n) is 18.3. The van der Waals surface area contributed by atoms with Gasteiger partial charge in [0.2, 0.25) is 11.8 Å². The molecule has 0 spiro atoms. The van der Waals surface area contributed by atoms with Crippen LogP contribution in [0.4, 0.5) is 5.69 Å². The molecule has 4 aliphatic carbocycles. The van der Waals surface area contributed by atoms with Crippen molar-refractivity contribution in [2.75, 3.05) is 11.6 Å². The van der Waals surface area contributed by atoms with Crippen LogP contribution in [-0.4, -0.2) is 29.3 Å². The van der Waals surface area contributed by atoms with Crippen molar-refractivity contribution >= 4 is 23.4 Å². The zero-order chi connectivity index (χ0) is 22.1. The van der Waals surface area contributed by atoms with E-state index in [2.05, 4.69) is 12.2 Å². The Labute approximate surface area is 187 Å². The predicted molar refractivity (Wildman–Crippen MR) is 121 cm³/mol. The molecular weight excluding hydrogens is 400 g/mol. The van der Waals surface area contributed by atoms with E-state index in [9.17, 15) is 14.4 Å². The lowest BCUT2D eigenvalue weighted by Crippen LogP contribution is -2.45. The smallest absolute Gasteiger partial charge is 0.259 e. The summed E-state index contributed by atoms with van der Waals surface area (Å²) in [5.41, 5.74) is 3.30. The summed E-state index contributed by atoms with van der Waals surface area (Å²) in [6.07, 6.45) is 5.48. The lowest BCUT2D eigenvalue weighted by molar-refractivity contribution is -0.140. The van der Waals surface area contributed by atoms with Crippen molar-refractivity contribution in [1.82, 2.24) is 4.90 Å². The zero-order valence-corrected chi connectivity index (χ0v) is 18.3. The van der Waals surface area contributed by atoms with E-state index in [1.807, 2.05) is 50.2 Å². The number of anilines is 1. The quantitative estimate of drug-likeness (QED) is 0.549. The SMILES string of the molecule is Cc1cc(C)cc(N(CN2C(=O)[C@@H]3[C@@H]4C=C[C@H]([C@@H]5C[C@H]45)[C@H]3C2=O)C(=O)c2ccccc2)c1. The minimum Gasteiger partial charge on any atom is -0.290 e. The van der Waals surface area contributed by atoms with Crippen LogP contribution in [0.5, 0.6) is 0 Å². The number of aryl methyl sites for hydroxylation is 2. The molecule has 32 heavy (non-hydrogen) atoms. The molecule has 5 heteroatoms. The van der Waals surface area contributed by atoms with Gasteiger partial charge in [-0.05, 0) is 79.3 Å². The summed E-state index contributed by atoms with van der Waals surface area (Å²) in [6.45, 7) is 3.92. The van der Waals surface area contributed by atoms with Gasteiger partial charge in [-0.2, -0.15) is 0 Å². The molecule has 5 aliphatic rings. The van der Waals surface area contributed by atoms with Gasteiger partial charge in [-0.3, -0.25) is 24.2 Å². The average molecular weight is 427 g/mol. The van der Waals surface area contributed by atoms with E-state index in [1.165, 1.54) is 4.90 Å². The first-order valence-corrected chi connectivity index (χ1v) is 11.4. The Kier molecular flexibility index (Phi) is 4.19. The van der Waals surface area contributed by atoms with E-state index in [1.54, 1.807) is 17.0 Å². The fraction of sp³-hybridized carbons (Fsp3) is 0.370. The summed E-state index contributed by atoms with van der Waals surface area (Å²) in [5, 5.41) is 0. The summed E-state index contributed by atoms with van der Waals surface area (Å²) in [7, 11) is 0. The molecule has 3 fully saturated rings. The number of allylic oxidation sites excluding steroid dienone is 2.